The fourth-order valence-electron chi connectivity index (χ4n) is 4.34. The quantitative estimate of drug-likeness (QED) is 0.400. The van der Waals surface area contributed by atoms with Gasteiger partial charge in [0.25, 0.3) is 0 Å². The number of aromatic amines is 1. The summed E-state index contributed by atoms with van der Waals surface area (Å²) in [6.45, 7) is 4.67. The normalized spacial score (nSPS) is 11.1. The number of H-pyrrole nitrogens is 1. The number of nitrogens with zero attached hydrogens (tertiary/aromatic N) is 6. The van der Waals surface area contributed by atoms with Crippen LogP contribution in [-0.2, 0) is 13.0 Å². The molecular weight excluding hydrogens is 426 g/mol. The third-order valence-corrected chi connectivity index (χ3v) is 5.96. The molecule has 0 saturated heterocycles. The SMILES string of the molecule is CCCc1c(C)n(-c2ccccc2)c(=O)n1Cc1ccc(-c2ncccc2-c2nn[nH]n2)cc1. The molecule has 0 amide bonds. The number of nitrogens with one attached hydrogen (secondary N) is 1. The lowest BCUT2D eigenvalue weighted by Crippen LogP contribution is -2.25. The van der Waals surface area contributed by atoms with Crippen LogP contribution in [0.2, 0.25) is 0 Å². The van der Waals surface area contributed by atoms with Crippen molar-refractivity contribution in [3.05, 3.63) is 100 Å². The maximum atomic E-state index is 13.4. The molecule has 2 aromatic carbocycles. The molecule has 0 aliphatic heterocycles. The van der Waals surface area contributed by atoms with Crippen LogP contribution in [0.25, 0.3) is 28.3 Å². The molecule has 34 heavy (non-hydrogen) atoms. The van der Waals surface area contributed by atoms with Gasteiger partial charge in [0.05, 0.1) is 17.9 Å². The van der Waals surface area contributed by atoms with Crippen LogP contribution in [0.3, 0.4) is 0 Å². The second-order valence-electron chi connectivity index (χ2n) is 8.15. The number of tetrazole rings is 1. The van der Waals surface area contributed by atoms with E-state index in [4.69, 9.17) is 0 Å². The van der Waals surface area contributed by atoms with E-state index in [9.17, 15) is 4.79 Å². The van der Waals surface area contributed by atoms with Gasteiger partial charge in [-0.2, -0.15) is 5.21 Å². The number of imidazole rings is 1. The van der Waals surface area contributed by atoms with Gasteiger partial charge in [-0.05, 0) is 48.4 Å². The first kappa shape index (κ1) is 21.5. The van der Waals surface area contributed by atoms with Gasteiger partial charge >= 0.3 is 5.69 Å². The topological polar surface area (TPSA) is 94.3 Å². The van der Waals surface area contributed by atoms with E-state index in [1.54, 1.807) is 6.20 Å². The Morgan fingerprint density at radius 1 is 0.971 bits per heavy atom. The van der Waals surface area contributed by atoms with Crippen LogP contribution in [0.1, 0.15) is 30.3 Å². The second-order valence-corrected chi connectivity index (χ2v) is 8.15. The van der Waals surface area contributed by atoms with Crippen molar-refractivity contribution in [1.29, 1.82) is 0 Å². The first-order valence-corrected chi connectivity index (χ1v) is 11.3. The van der Waals surface area contributed by atoms with E-state index in [1.165, 1.54) is 0 Å². The van der Waals surface area contributed by atoms with Gasteiger partial charge in [0.2, 0.25) is 5.82 Å². The van der Waals surface area contributed by atoms with Gasteiger partial charge in [-0.3, -0.25) is 14.1 Å². The predicted octanol–water partition coefficient (Wildman–Crippen LogP) is 4.19. The average Bonchev–Trinajstić information content (AvgIpc) is 3.49. The molecule has 0 radical (unpaired) electrons. The summed E-state index contributed by atoms with van der Waals surface area (Å²) in [6.07, 6.45) is 3.57. The van der Waals surface area contributed by atoms with E-state index >= 15 is 0 Å². The molecular formula is C26H25N7O. The summed E-state index contributed by atoms with van der Waals surface area (Å²) >= 11 is 0. The summed E-state index contributed by atoms with van der Waals surface area (Å²) in [5, 5.41) is 14.3. The van der Waals surface area contributed by atoms with Crippen LogP contribution in [0.15, 0.2) is 77.7 Å². The van der Waals surface area contributed by atoms with Crippen LogP contribution in [-0.4, -0.2) is 34.7 Å². The van der Waals surface area contributed by atoms with Crippen molar-refractivity contribution >= 4 is 0 Å². The maximum absolute atomic E-state index is 13.4. The molecule has 3 aromatic heterocycles. The lowest BCUT2D eigenvalue weighted by atomic mass is 10.0. The first-order chi connectivity index (χ1) is 16.7. The highest BCUT2D eigenvalue weighted by atomic mass is 16.1. The monoisotopic (exact) mass is 451 g/mol. The molecule has 0 aliphatic carbocycles. The second kappa shape index (κ2) is 9.27. The zero-order valence-electron chi connectivity index (χ0n) is 19.1. The van der Waals surface area contributed by atoms with Gasteiger partial charge in [0.15, 0.2) is 0 Å². The van der Waals surface area contributed by atoms with Crippen molar-refractivity contribution in [2.45, 2.75) is 33.2 Å². The molecule has 0 unspecified atom stereocenters. The smallest absolute Gasteiger partial charge is 0.291 e. The number of hydrogen-bond acceptors (Lipinski definition) is 5. The van der Waals surface area contributed by atoms with Crippen LogP contribution < -0.4 is 5.69 Å². The van der Waals surface area contributed by atoms with E-state index in [0.717, 1.165) is 52.3 Å². The maximum Gasteiger partial charge on any atom is 0.333 e. The molecule has 5 aromatic rings. The number of para-hydroxylation sites is 1. The fraction of sp³-hybridized carbons (Fsp3) is 0.192. The molecule has 0 fully saturated rings. The Bertz CT molecular complexity index is 1450. The van der Waals surface area contributed by atoms with Crippen LogP contribution >= 0.6 is 0 Å². The van der Waals surface area contributed by atoms with Gasteiger partial charge in [-0.15, -0.1) is 10.2 Å². The molecule has 8 nitrogen and oxygen atoms in total. The average molecular weight is 452 g/mol. The Kier molecular flexibility index (Phi) is 5.86. The third kappa shape index (κ3) is 3.94. The van der Waals surface area contributed by atoms with Crippen molar-refractivity contribution in [2.75, 3.05) is 0 Å². The van der Waals surface area contributed by atoms with Gasteiger partial charge in [0.1, 0.15) is 0 Å². The standard InChI is InChI=1S/C26H25N7O/c1-3-8-23-18(2)33(21-9-5-4-6-10-21)26(34)32(23)17-19-12-14-20(15-13-19)24-22(11-7-16-27-24)25-28-30-31-29-25/h4-7,9-16H,3,8,17H2,1-2H3,(H,28,29,30,31). The largest absolute Gasteiger partial charge is 0.333 e. The Morgan fingerprint density at radius 2 is 1.76 bits per heavy atom. The van der Waals surface area contributed by atoms with Crippen LogP contribution in [0.4, 0.5) is 0 Å². The van der Waals surface area contributed by atoms with E-state index in [0.29, 0.717) is 12.4 Å². The number of aromatic nitrogens is 7. The Hall–Kier alpha value is -4.33. The van der Waals surface area contributed by atoms with Gasteiger partial charge in [-0.25, -0.2) is 4.79 Å². The Morgan fingerprint density at radius 3 is 2.47 bits per heavy atom. The molecule has 3 heterocycles. The van der Waals surface area contributed by atoms with E-state index in [1.807, 2.05) is 82.8 Å². The van der Waals surface area contributed by atoms with Gasteiger partial charge in [-0.1, -0.05) is 55.8 Å². The summed E-state index contributed by atoms with van der Waals surface area (Å²) in [4.78, 5) is 18.0. The van der Waals surface area contributed by atoms with E-state index in [2.05, 4.69) is 32.5 Å². The van der Waals surface area contributed by atoms with Crippen molar-refractivity contribution in [1.82, 2.24) is 34.7 Å². The molecule has 0 saturated carbocycles. The highest BCUT2D eigenvalue weighted by Gasteiger charge is 2.18. The van der Waals surface area contributed by atoms with E-state index < -0.39 is 0 Å². The summed E-state index contributed by atoms with van der Waals surface area (Å²) in [7, 11) is 0. The van der Waals surface area contributed by atoms with Crippen LogP contribution in [0, 0.1) is 6.92 Å². The molecule has 170 valence electrons. The minimum absolute atomic E-state index is 0.0136. The Balaban J connectivity index is 1.50. The lowest BCUT2D eigenvalue weighted by Gasteiger charge is -2.09. The zero-order valence-corrected chi connectivity index (χ0v) is 19.1. The molecule has 0 bridgehead atoms. The molecule has 5 rings (SSSR count). The van der Waals surface area contributed by atoms with Crippen LogP contribution in [0.5, 0.6) is 0 Å². The Labute approximate surface area is 196 Å². The number of benzene rings is 2. The van der Waals surface area contributed by atoms with Gasteiger partial charge in [0, 0.05) is 28.7 Å². The minimum Gasteiger partial charge on any atom is -0.291 e. The third-order valence-electron chi connectivity index (χ3n) is 5.96. The molecule has 0 aliphatic rings. The lowest BCUT2D eigenvalue weighted by molar-refractivity contribution is 0.691. The van der Waals surface area contributed by atoms with Crippen molar-refractivity contribution in [3.63, 3.8) is 0 Å². The molecule has 1 N–H and O–H groups in total. The van der Waals surface area contributed by atoms with Gasteiger partial charge < -0.3 is 0 Å². The summed E-state index contributed by atoms with van der Waals surface area (Å²) in [5.41, 5.74) is 6.53. The highest BCUT2D eigenvalue weighted by molar-refractivity contribution is 5.76. The number of rotatable bonds is 7. The van der Waals surface area contributed by atoms with Crippen molar-refractivity contribution in [3.8, 4) is 28.3 Å². The summed E-state index contributed by atoms with van der Waals surface area (Å²) < 4.78 is 3.71. The fourth-order valence-corrected chi connectivity index (χ4v) is 4.34. The molecule has 0 spiro atoms. The minimum atomic E-state index is -0.0136. The van der Waals surface area contributed by atoms with Crippen molar-refractivity contribution < 1.29 is 0 Å². The first-order valence-electron chi connectivity index (χ1n) is 11.3. The number of hydrogen-bond donors (Lipinski definition) is 1. The van der Waals surface area contributed by atoms with Crippen molar-refractivity contribution in [2.24, 2.45) is 0 Å². The summed E-state index contributed by atoms with van der Waals surface area (Å²) in [6, 6.07) is 21.7. The summed E-state index contributed by atoms with van der Waals surface area (Å²) in [5.74, 6) is 0.501. The highest BCUT2D eigenvalue weighted by Crippen LogP contribution is 2.28. The zero-order chi connectivity index (χ0) is 23.5. The predicted molar refractivity (Wildman–Crippen MR) is 131 cm³/mol. The number of pyridine rings is 1. The molecule has 8 heteroatoms. The molecule has 0 atom stereocenters. The van der Waals surface area contributed by atoms with E-state index in [-0.39, 0.29) is 5.69 Å².